The smallest absolute Gasteiger partial charge is 0.167 e. The van der Waals surface area contributed by atoms with Crippen LogP contribution in [0.2, 0.25) is 0 Å². The Balaban J connectivity index is 1.97. The number of anilines is 2. The van der Waals surface area contributed by atoms with Crippen molar-refractivity contribution >= 4 is 11.4 Å². The molecule has 0 amide bonds. The molecule has 0 radical (unpaired) electrons. The molecule has 21 heavy (non-hydrogen) atoms. The van der Waals surface area contributed by atoms with E-state index in [-0.39, 0.29) is 11.9 Å². The number of nitrogens with two attached hydrogens (primary N) is 1. The van der Waals surface area contributed by atoms with Gasteiger partial charge >= 0.3 is 0 Å². The summed E-state index contributed by atoms with van der Waals surface area (Å²) in [4.78, 5) is 2.34. The molecule has 2 rings (SSSR count). The van der Waals surface area contributed by atoms with Gasteiger partial charge in [0, 0.05) is 31.8 Å². The minimum Gasteiger partial charge on any atom is -0.491 e. The number of morpholine rings is 1. The van der Waals surface area contributed by atoms with Gasteiger partial charge in [-0.05, 0) is 13.5 Å². The zero-order chi connectivity index (χ0) is 15.2. The lowest BCUT2D eigenvalue weighted by atomic mass is 10.2. The van der Waals surface area contributed by atoms with Gasteiger partial charge in [0.25, 0.3) is 0 Å². The van der Waals surface area contributed by atoms with Crippen LogP contribution >= 0.6 is 0 Å². The first kappa shape index (κ1) is 15.9. The van der Waals surface area contributed by atoms with Crippen molar-refractivity contribution in [2.24, 2.45) is 0 Å². The lowest BCUT2D eigenvalue weighted by molar-refractivity contribution is -0.0191. The Morgan fingerprint density at radius 1 is 1.48 bits per heavy atom. The van der Waals surface area contributed by atoms with Crippen LogP contribution in [-0.2, 0) is 4.74 Å². The quantitative estimate of drug-likeness (QED) is 0.786. The molecule has 1 aromatic carbocycles. The van der Waals surface area contributed by atoms with Crippen molar-refractivity contribution in [3.05, 3.63) is 17.9 Å². The Labute approximate surface area is 125 Å². The molecule has 6 heteroatoms. The number of benzene rings is 1. The van der Waals surface area contributed by atoms with E-state index in [2.05, 4.69) is 17.1 Å². The van der Waals surface area contributed by atoms with Crippen molar-refractivity contribution < 1.29 is 13.9 Å². The second-order valence-electron chi connectivity index (χ2n) is 5.07. The molecule has 1 saturated heterocycles. The summed E-state index contributed by atoms with van der Waals surface area (Å²) in [6, 6.07) is 2.89. The number of nitrogens with zero attached hydrogens (tertiary/aromatic N) is 1. The van der Waals surface area contributed by atoms with E-state index >= 15 is 0 Å². The molecular formula is C15H24FN3O2. The fraction of sp³-hybridized carbons (Fsp3) is 0.600. The molecular weight excluding hydrogens is 273 g/mol. The van der Waals surface area contributed by atoms with Gasteiger partial charge in [0.2, 0.25) is 0 Å². The van der Waals surface area contributed by atoms with E-state index < -0.39 is 5.82 Å². The molecule has 0 saturated carbocycles. The van der Waals surface area contributed by atoms with Crippen LogP contribution in [-0.4, -0.2) is 50.4 Å². The van der Waals surface area contributed by atoms with Gasteiger partial charge < -0.3 is 20.5 Å². The fourth-order valence-corrected chi connectivity index (χ4v) is 2.40. The fourth-order valence-electron chi connectivity index (χ4n) is 2.40. The molecule has 1 aliphatic heterocycles. The highest BCUT2D eigenvalue weighted by atomic mass is 19.1. The second kappa shape index (κ2) is 7.47. The van der Waals surface area contributed by atoms with Crippen molar-refractivity contribution in [1.29, 1.82) is 0 Å². The summed E-state index contributed by atoms with van der Waals surface area (Å²) in [5.74, 6) is -0.222. The second-order valence-corrected chi connectivity index (χ2v) is 5.07. The van der Waals surface area contributed by atoms with E-state index in [9.17, 15) is 4.39 Å². The molecule has 0 spiro atoms. The molecule has 5 nitrogen and oxygen atoms in total. The van der Waals surface area contributed by atoms with Crippen molar-refractivity contribution in [2.45, 2.75) is 20.0 Å². The number of nitrogen functional groups attached to an aromatic ring is 1. The van der Waals surface area contributed by atoms with Crippen molar-refractivity contribution in [1.82, 2.24) is 4.90 Å². The highest BCUT2D eigenvalue weighted by molar-refractivity contribution is 5.68. The number of rotatable bonds is 6. The molecule has 0 bridgehead atoms. The van der Waals surface area contributed by atoms with E-state index in [1.54, 1.807) is 6.07 Å². The van der Waals surface area contributed by atoms with Gasteiger partial charge in [0.1, 0.15) is 0 Å². The van der Waals surface area contributed by atoms with Crippen LogP contribution in [0.3, 0.4) is 0 Å². The van der Waals surface area contributed by atoms with Gasteiger partial charge in [0.05, 0.1) is 30.7 Å². The van der Waals surface area contributed by atoms with Gasteiger partial charge in [-0.25, -0.2) is 4.39 Å². The van der Waals surface area contributed by atoms with Crippen molar-refractivity contribution in [2.75, 3.05) is 50.4 Å². The van der Waals surface area contributed by atoms with E-state index in [1.165, 1.54) is 6.07 Å². The van der Waals surface area contributed by atoms with Gasteiger partial charge in [-0.1, -0.05) is 6.92 Å². The summed E-state index contributed by atoms with van der Waals surface area (Å²) in [5.41, 5.74) is 6.90. The Kier molecular flexibility index (Phi) is 5.64. The summed E-state index contributed by atoms with van der Waals surface area (Å²) in [6.45, 7) is 8.63. The Hall–Kier alpha value is -1.53. The predicted molar refractivity (Wildman–Crippen MR) is 82.3 cm³/mol. The molecule has 1 unspecified atom stereocenters. The standard InChI is InChI=1S/C15H24FN3O2/c1-3-19-5-6-21-11(10-19)9-18-14-8-15(20-4-2)12(16)7-13(14)17/h7-8,11,18H,3-6,9-10,17H2,1-2H3. The van der Waals surface area contributed by atoms with Crippen LogP contribution in [0.25, 0.3) is 0 Å². The molecule has 3 N–H and O–H groups in total. The largest absolute Gasteiger partial charge is 0.491 e. The molecule has 0 aromatic heterocycles. The molecule has 0 aliphatic carbocycles. The maximum Gasteiger partial charge on any atom is 0.167 e. The third kappa shape index (κ3) is 4.22. The van der Waals surface area contributed by atoms with E-state index in [1.807, 2.05) is 6.92 Å². The molecule has 1 aromatic rings. The van der Waals surface area contributed by atoms with Crippen molar-refractivity contribution in [3.63, 3.8) is 0 Å². The Bertz CT molecular complexity index is 470. The van der Waals surface area contributed by atoms with Gasteiger partial charge in [0.15, 0.2) is 11.6 Å². The van der Waals surface area contributed by atoms with Crippen LogP contribution in [0.4, 0.5) is 15.8 Å². The zero-order valence-electron chi connectivity index (χ0n) is 12.7. The molecule has 1 fully saturated rings. The summed E-state index contributed by atoms with van der Waals surface area (Å²) >= 11 is 0. The first-order valence-electron chi connectivity index (χ1n) is 7.43. The monoisotopic (exact) mass is 297 g/mol. The predicted octanol–water partition coefficient (Wildman–Crippen LogP) is 1.94. The number of likely N-dealkylation sites (N-methyl/N-ethyl adjacent to an activating group) is 1. The Morgan fingerprint density at radius 3 is 3.00 bits per heavy atom. The first-order chi connectivity index (χ1) is 10.1. The highest BCUT2D eigenvalue weighted by Crippen LogP contribution is 2.28. The van der Waals surface area contributed by atoms with Crippen LogP contribution in [0.5, 0.6) is 5.75 Å². The van der Waals surface area contributed by atoms with Gasteiger partial charge in [-0.2, -0.15) is 0 Å². The number of nitrogens with one attached hydrogen (secondary N) is 1. The number of hydrogen-bond acceptors (Lipinski definition) is 5. The van der Waals surface area contributed by atoms with E-state index in [0.717, 1.165) is 26.2 Å². The van der Waals surface area contributed by atoms with Gasteiger partial charge in [-0.3, -0.25) is 4.90 Å². The molecule has 118 valence electrons. The maximum atomic E-state index is 13.6. The minimum absolute atomic E-state index is 0.110. The van der Waals surface area contributed by atoms with Crippen LogP contribution < -0.4 is 15.8 Å². The maximum absolute atomic E-state index is 13.6. The lowest BCUT2D eigenvalue weighted by Gasteiger charge is -2.32. The van der Waals surface area contributed by atoms with Crippen LogP contribution in [0.15, 0.2) is 12.1 Å². The topological polar surface area (TPSA) is 59.8 Å². The van der Waals surface area contributed by atoms with Crippen molar-refractivity contribution in [3.8, 4) is 5.75 Å². The summed E-state index contributed by atoms with van der Waals surface area (Å²) in [7, 11) is 0. The first-order valence-corrected chi connectivity index (χ1v) is 7.43. The summed E-state index contributed by atoms with van der Waals surface area (Å²) in [5, 5.41) is 3.23. The molecule has 1 atom stereocenters. The number of halogens is 1. The highest BCUT2D eigenvalue weighted by Gasteiger charge is 2.19. The summed E-state index contributed by atoms with van der Waals surface area (Å²) < 4.78 is 24.6. The molecule has 1 aliphatic rings. The average Bonchev–Trinajstić information content (AvgIpc) is 2.49. The number of hydrogen-bond donors (Lipinski definition) is 2. The Morgan fingerprint density at radius 2 is 2.29 bits per heavy atom. The normalized spacial score (nSPS) is 19.5. The average molecular weight is 297 g/mol. The minimum atomic E-state index is -0.439. The van der Waals surface area contributed by atoms with Gasteiger partial charge in [-0.15, -0.1) is 0 Å². The summed E-state index contributed by atoms with van der Waals surface area (Å²) in [6.07, 6.45) is 0.110. The SMILES string of the molecule is CCOc1cc(NCC2CN(CC)CCO2)c(N)cc1F. The lowest BCUT2D eigenvalue weighted by Crippen LogP contribution is -2.45. The third-order valence-electron chi connectivity index (χ3n) is 3.59. The van der Waals surface area contributed by atoms with Crippen LogP contribution in [0.1, 0.15) is 13.8 Å². The molecule has 1 heterocycles. The van der Waals surface area contributed by atoms with Crippen LogP contribution in [0, 0.1) is 5.82 Å². The zero-order valence-corrected chi connectivity index (χ0v) is 12.7. The third-order valence-corrected chi connectivity index (χ3v) is 3.59. The van der Waals surface area contributed by atoms with E-state index in [0.29, 0.717) is 24.5 Å². The number of ether oxygens (including phenoxy) is 2. The van der Waals surface area contributed by atoms with E-state index in [4.69, 9.17) is 15.2 Å².